The van der Waals surface area contributed by atoms with Gasteiger partial charge in [-0.25, -0.2) is 4.79 Å². The zero-order chi connectivity index (χ0) is 16.7. The van der Waals surface area contributed by atoms with Gasteiger partial charge in [-0.3, -0.25) is 0 Å². The van der Waals surface area contributed by atoms with Gasteiger partial charge in [0.2, 0.25) is 0 Å². The summed E-state index contributed by atoms with van der Waals surface area (Å²) in [6.45, 7) is 4.73. The zero-order valence-corrected chi connectivity index (χ0v) is 14.3. The standard InChI is InChI=1S/C17H29N3O3/c1-3-14-13(15(4-2)23-20-14)11-18-16(21)19-12-17(22)9-7-5-6-8-10-17/h22H,3-12H2,1-2H3,(H2,18,19,21). The molecule has 23 heavy (non-hydrogen) atoms. The van der Waals surface area contributed by atoms with Crippen molar-refractivity contribution in [3.8, 4) is 0 Å². The van der Waals surface area contributed by atoms with Crippen LogP contribution in [0.3, 0.4) is 0 Å². The van der Waals surface area contributed by atoms with Gasteiger partial charge in [0.25, 0.3) is 0 Å². The van der Waals surface area contributed by atoms with E-state index in [1.807, 2.05) is 13.8 Å². The van der Waals surface area contributed by atoms with Gasteiger partial charge in [0, 0.05) is 25.1 Å². The summed E-state index contributed by atoms with van der Waals surface area (Å²) in [5.41, 5.74) is 1.11. The Labute approximate surface area is 138 Å². The number of carbonyl (C=O) groups is 1. The van der Waals surface area contributed by atoms with Gasteiger partial charge < -0.3 is 20.3 Å². The van der Waals surface area contributed by atoms with Crippen molar-refractivity contribution in [3.05, 3.63) is 17.0 Å². The van der Waals surface area contributed by atoms with Crippen LogP contribution >= 0.6 is 0 Å². The molecular formula is C17H29N3O3. The number of rotatable bonds is 6. The normalized spacial score (nSPS) is 17.5. The number of aromatic nitrogens is 1. The summed E-state index contributed by atoms with van der Waals surface area (Å²) in [6.07, 6.45) is 7.45. The molecule has 3 N–H and O–H groups in total. The quantitative estimate of drug-likeness (QED) is 0.702. The van der Waals surface area contributed by atoms with E-state index in [1.54, 1.807) is 0 Å². The van der Waals surface area contributed by atoms with E-state index in [0.717, 1.165) is 55.5 Å². The molecule has 1 aliphatic rings. The van der Waals surface area contributed by atoms with E-state index in [-0.39, 0.29) is 6.03 Å². The number of urea groups is 1. The molecule has 1 saturated carbocycles. The molecule has 0 radical (unpaired) electrons. The van der Waals surface area contributed by atoms with E-state index < -0.39 is 5.60 Å². The van der Waals surface area contributed by atoms with Crippen molar-refractivity contribution in [2.24, 2.45) is 0 Å². The molecule has 1 aromatic rings. The maximum atomic E-state index is 12.0. The Morgan fingerprint density at radius 1 is 1.17 bits per heavy atom. The second-order valence-electron chi connectivity index (χ2n) is 6.41. The van der Waals surface area contributed by atoms with Crippen molar-refractivity contribution in [1.29, 1.82) is 0 Å². The molecular weight excluding hydrogens is 294 g/mol. The molecule has 2 amide bonds. The highest BCUT2D eigenvalue weighted by Gasteiger charge is 2.28. The van der Waals surface area contributed by atoms with E-state index in [1.165, 1.54) is 12.8 Å². The molecule has 1 aliphatic carbocycles. The molecule has 130 valence electrons. The summed E-state index contributed by atoms with van der Waals surface area (Å²) in [4.78, 5) is 12.0. The predicted octanol–water partition coefficient (Wildman–Crippen LogP) is 2.68. The van der Waals surface area contributed by atoms with Gasteiger partial charge in [-0.1, -0.05) is 44.7 Å². The third kappa shape index (κ3) is 4.96. The fourth-order valence-corrected chi connectivity index (χ4v) is 3.18. The summed E-state index contributed by atoms with van der Waals surface area (Å²) in [6, 6.07) is -0.257. The molecule has 0 atom stereocenters. The number of nitrogens with zero attached hydrogens (tertiary/aromatic N) is 1. The number of carbonyl (C=O) groups excluding carboxylic acids is 1. The first-order valence-corrected chi connectivity index (χ1v) is 8.78. The predicted molar refractivity (Wildman–Crippen MR) is 88.1 cm³/mol. The van der Waals surface area contributed by atoms with Crippen LogP contribution in [0.25, 0.3) is 0 Å². The number of aryl methyl sites for hydroxylation is 2. The van der Waals surface area contributed by atoms with E-state index >= 15 is 0 Å². The second-order valence-corrected chi connectivity index (χ2v) is 6.41. The van der Waals surface area contributed by atoms with Crippen LogP contribution in [0.1, 0.15) is 69.4 Å². The largest absolute Gasteiger partial charge is 0.388 e. The molecule has 0 aromatic carbocycles. The minimum Gasteiger partial charge on any atom is -0.388 e. The summed E-state index contributed by atoms with van der Waals surface area (Å²) >= 11 is 0. The van der Waals surface area contributed by atoms with E-state index in [4.69, 9.17) is 4.52 Å². The van der Waals surface area contributed by atoms with Gasteiger partial charge in [0.05, 0.1) is 11.3 Å². The topological polar surface area (TPSA) is 87.4 Å². The molecule has 0 saturated heterocycles. The summed E-state index contributed by atoms with van der Waals surface area (Å²) in [5, 5.41) is 20.2. The molecule has 0 bridgehead atoms. The van der Waals surface area contributed by atoms with Crippen LogP contribution in [0.5, 0.6) is 0 Å². The first kappa shape index (κ1) is 17.8. The molecule has 0 unspecified atom stereocenters. The van der Waals surface area contributed by atoms with Crippen molar-refractivity contribution in [3.63, 3.8) is 0 Å². The first-order valence-electron chi connectivity index (χ1n) is 8.78. The van der Waals surface area contributed by atoms with E-state index in [0.29, 0.717) is 13.1 Å². The van der Waals surface area contributed by atoms with Crippen LogP contribution in [0, 0.1) is 0 Å². The third-order valence-corrected chi connectivity index (χ3v) is 4.64. The van der Waals surface area contributed by atoms with Crippen molar-refractivity contribution >= 4 is 6.03 Å². The fraction of sp³-hybridized carbons (Fsp3) is 0.765. The average Bonchev–Trinajstić information content (AvgIpc) is 2.83. The molecule has 0 aliphatic heterocycles. The number of nitrogens with one attached hydrogen (secondary N) is 2. The molecule has 6 heteroatoms. The SMILES string of the molecule is CCc1noc(CC)c1CNC(=O)NCC1(O)CCCCCC1. The molecule has 2 rings (SSSR count). The maximum absolute atomic E-state index is 12.0. The maximum Gasteiger partial charge on any atom is 0.315 e. The Morgan fingerprint density at radius 3 is 2.48 bits per heavy atom. The van der Waals surface area contributed by atoms with Gasteiger partial charge in [0.1, 0.15) is 5.76 Å². The van der Waals surface area contributed by atoms with Crippen LogP contribution in [0.2, 0.25) is 0 Å². The Balaban J connectivity index is 1.82. The zero-order valence-electron chi connectivity index (χ0n) is 14.3. The van der Waals surface area contributed by atoms with Crippen LogP contribution in [-0.2, 0) is 19.4 Å². The van der Waals surface area contributed by atoms with Crippen molar-refractivity contribution in [2.45, 2.75) is 77.4 Å². The number of hydrogen-bond acceptors (Lipinski definition) is 4. The monoisotopic (exact) mass is 323 g/mol. The number of amides is 2. The van der Waals surface area contributed by atoms with Gasteiger partial charge >= 0.3 is 6.03 Å². The van der Waals surface area contributed by atoms with Gasteiger partial charge in [0.15, 0.2) is 0 Å². The Hall–Kier alpha value is -1.56. The Kier molecular flexibility index (Phi) is 6.45. The summed E-state index contributed by atoms with van der Waals surface area (Å²) < 4.78 is 5.29. The third-order valence-electron chi connectivity index (χ3n) is 4.64. The molecule has 6 nitrogen and oxygen atoms in total. The first-order chi connectivity index (χ1) is 11.1. The van der Waals surface area contributed by atoms with Gasteiger partial charge in [-0.15, -0.1) is 0 Å². The molecule has 1 heterocycles. The van der Waals surface area contributed by atoms with Crippen LogP contribution in [0.4, 0.5) is 4.79 Å². The smallest absolute Gasteiger partial charge is 0.315 e. The lowest BCUT2D eigenvalue weighted by atomic mass is 9.95. The highest BCUT2D eigenvalue weighted by molar-refractivity contribution is 5.73. The minimum atomic E-state index is -0.756. The number of hydrogen-bond donors (Lipinski definition) is 3. The van der Waals surface area contributed by atoms with Crippen LogP contribution in [0.15, 0.2) is 4.52 Å². The van der Waals surface area contributed by atoms with Crippen molar-refractivity contribution < 1.29 is 14.4 Å². The van der Waals surface area contributed by atoms with E-state index in [2.05, 4.69) is 15.8 Å². The van der Waals surface area contributed by atoms with Gasteiger partial charge in [-0.2, -0.15) is 0 Å². The van der Waals surface area contributed by atoms with E-state index in [9.17, 15) is 9.90 Å². The van der Waals surface area contributed by atoms with Crippen molar-refractivity contribution in [2.75, 3.05) is 6.54 Å². The summed E-state index contributed by atoms with van der Waals surface area (Å²) in [5.74, 6) is 0.824. The summed E-state index contributed by atoms with van der Waals surface area (Å²) in [7, 11) is 0. The molecule has 1 aromatic heterocycles. The molecule has 1 fully saturated rings. The average molecular weight is 323 g/mol. The van der Waals surface area contributed by atoms with Crippen LogP contribution in [-0.4, -0.2) is 28.4 Å². The lowest BCUT2D eigenvalue weighted by molar-refractivity contribution is 0.0276. The Morgan fingerprint density at radius 2 is 1.87 bits per heavy atom. The van der Waals surface area contributed by atoms with Crippen molar-refractivity contribution in [1.82, 2.24) is 15.8 Å². The highest BCUT2D eigenvalue weighted by Crippen LogP contribution is 2.26. The van der Waals surface area contributed by atoms with Crippen LogP contribution < -0.4 is 10.6 Å². The second kappa shape index (κ2) is 8.34. The highest BCUT2D eigenvalue weighted by atomic mass is 16.5. The molecule has 0 spiro atoms. The number of aliphatic hydroxyl groups is 1. The minimum absolute atomic E-state index is 0.257. The van der Waals surface area contributed by atoms with Gasteiger partial charge in [-0.05, 0) is 19.3 Å². The lowest BCUT2D eigenvalue weighted by Crippen LogP contribution is -2.46. The fourth-order valence-electron chi connectivity index (χ4n) is 3.18. The Bertz CT molecular complexity index is 484. The lowest BCUT2D eigenvalue weighted by Gasteiger charge is -2.26.